The first kappa shape index (κ1) is 13.7. The summed E-state index contributed by atoms with van der Waals surface area (Å²) in [5.74, 6) is 0. The van der Waals surface area contributed by atoms with Gasteiger partial charge in [-0.05, 0) is 12.8 Å². The maximum Gasteiger partial charge on any atom is 0.511 e. The molecule has 0 aliphatic carbocycles. The minimum Gasteiger partial charge on any atom is -0.394 e. The summed E-state index contributed by atoms with van der Waals surface area (Å²) in [6.07, 6.45) is 0.0254. The van der Waals surface area contributed by atoms with Gasteiger partial charge < -0.3 is 9.84 Å². The highest BCUT2D eigenvalue weighted by atomic mass is 32.2. The van der Waals surface area contributed by atoms with Gasteiger partial charge in [0.25, 0.3) is 0 Å². The highest BCUT2D eigenvalue weighted by Gasteiger charge is 2.50. The van der Waals surface area contributed by atoms with Gasteiger partial charge in [-0.3, -0.25) is 0 Å². The maximum absolute atomic E-state index is 12.1. The molecule has 1 rings (SSSR count). The molecule has 0 amide bonds. The van der Waals surface area contributed by atoms with E-state index in [-0.39, 0.29) is 26.1 Å². The number of aliphatic hydroxyl groups excluding tert-OH is 1. The van der Waals surface area contributed by atoms with Crippen molar-refractivity contribution >= 4 is 10.0 Å². The predicted octanol–water partition coefficient (Wildman–Crippen LogP) is -0.0329. The standard InChI is InChI=1S/C7H12F3NO4S/c8-7(9,10)16(13,14)11-6(5-12)1-3-15-4-2-6/h11-12H,1-5H2. The molecule has 1 fully saturated rings. The number of halogens is 3. The minimum absolute atomic E-state index is 0.0127. The molecule has 96 valence electrons. The van der Waals surface area contributed by atoms with E-state index in [1.54, 1.807) is 0 Å². The average Bonchev–Trinajstić information content (AvgIpc) is 2.17. The summed E-state index contributed by atoms with van der Waals surface area (Å²) in [6.45, 7) is -0.465. The lowest BCUT2D eigenvalue weighted by Gasteiger charge is -2.35. The molecule has 2 N–H and O–H groups in total. The van der Waals surface area contributed by atoms with Gasteiger partial charge in [-0.25, -0.2) is 8.42 Å². The van der Waals surface area contributed by atoms with Crippen LogP contribution in [0.1, 0.15) is 12.8 Å². The number of sulfonamides is 1. The fourth-order valence-corrected chi connectivity index (χ4v) is 2.35. The summed E-state index contributed by atoms with van der Waals surface area (Å²) >= 11 is 0. The molecular formula is C7H12F3NO4S. The largest absolute Gasteiger partial charge is 0.511 e. The Kier molecular flexibility index (Phi) is 3.83. The molecule has 0 atom stereocenters. The zero-order valence-electron chi connectivity index (χ0n) is 8.25. The van der Waals surface area contributed by atoms with Gasteiger partial charge in [-0.2, -0.15) is 17.9 Å². The molecule has 9 heteroatoms. The number of hydrogen-bond donors (Lipinski definition) is 2. The van der Waals surface area contributed by atoms with Gasteiger partial charge in [-0.15, -0.1) is 0 Å². The molecule has 1 heterocycles. The van der Waals surface area contributed by atoms with Crippen LogP contribution in [-0.4, -0.2) is 44.4 Å². The lowest BCUT2D eigenvalue weighted by Crippen LogP contribution is -2.57. The van der Waals surface area contributed by atoms with Crippen LogP contribution in [0, 0.1) is 0 Å². The van der Waals surface area contributed by atoms with Crippen LogP contribution in [0.5, 0.6) is 0 Å². The number of ether oxygens (including phenoxy) is 1. The van der Waals surface area contributed by atoms with Crippen LogP contribution < -0.4 is 4.72 Å². The number of nitrogens with one attached hydrogen (secondary N) is 1. The van der Waals surface area contributed by atoms with E-state index in [9.17, 15) is 21.6 Å². The van der Waals surface area contributed by atoms with Gasteiger partial charge in [0, 0.05) is 13.2 Å². The van der Waals surface area contributed by atoms with Crippen LogP contribution in [0.2, 0.25) is 0 Å². The van der Waals surface area contributed by atoms with Crippen molar-refractivity contribution in [3.05, 3.63) is 0 Å². The SMILES string of the molecule is O=S(=O)(NC1(CO)CCOCC1)C(F)(F)F. The third kappa shape index (κ3) is 2.84. The van der Waals surface area contributed by atoms with Gasteiger partial charge in [0.15, 0.2) is 0 Å². The smallest absolute Gasteiger partial charge is 0.394 e. The second-order valence-electron chi connectivity index (χ2n) is 3.60. The molecule has 16 heavy (non-hydrogen) atoms. The number of hydrogen-bond acceptors (Lipinski definition) is 4. The summed E-state index contributed by atoms with van der Waals surface area (Å²) in [5.41, 5.74) is -6.83. The van der Waals surface area contributed by atoms with Crippen molar-refractivity contribution in [2.75, 3.05) is 19.8 Å². The van der Waals surface area contributed by atoms with E-state index in [1.807, 2.05) is 0 Å². The topological polar surface area (TPSA) is 75.6 Å². The highest BCUT2D eigenvalue weighted by Crippen LogP contribution is 2.27. The Labute approximate surface area is 90.6 Å². The lowest BCUT2D eigenvalue weighted by atomic mass is 9.93. The van der Waals surface area contributed by atoms with Gasteiger partial charge in [-0.1, -0.05) is 0 Å². The molecular weight excluding hydrogens is 251 g/mol. The normalized spacial score (nSPS) is 22.0. The summed E-state index contributed by atoms with van der Waals surface area (Å²) in [7, 11) is -5.43. The fourth-order valence-electron chi connectivity index (χ4n) is 1.40. The molecule has 5 nitrogen and oxygen atoms in total. The van der Waals surface area contributed by atoms with Gasteiger partial charge in [0.2, 0.25) is 0 Å². The molecule has 0 radical (unpaired) electrons. The average molecular weight is 263 g/mol. The van der Waals surface area contributed by atoms with Crippen molar-refractivity contribution in [2.24, 2.45) is 0 Å². The molecule has 0 aromatic rings. The highest BCUT2D eigenvalue weighted by molar-refractivity contribution is 7.90. The summed E-state index contributed by atoms with van der Waals surface area (Å²) in [5, 5.41) is 9.02. The van der Waals surface area contributed by atoms with Gasteiger partial charge >= 0.3 is 15.5 Å². The fraction of sp³-hybridized carbons (Fsp3) is 1.00. The van der Waals surface area contributed by atoms with E-state index >= 15 is 0 Å². The van der Waals surface area contributed by atoms with Crippen LogP contribution in [0.4, 0.5) is 13.2 Å². The molecule has 1 aliphatic heterocycles. The van der Waals surface area contributed by atoms with Crippen molar-refractivity contribution < 1.29 is 31.4 Å². The van der Waals surface area contributed by atoms with E-state index in [0.29, 0.717) is 0 Å². The zero-order valence-corrected chi connectivity index (χ0v) is 9.07. The molecule has 0 aromatic carbocycles. The Hall–Kier alpha value is -0.380. The minimum atomic E-state index is -5.43. The second kappa shape index (κ2) is 4.47. The maximum atomic E-state index is 12.1. The summed E-state index contributed by atoms with van der Waals surface area (Å²) in [6, 6.07) is 0. The van der Waals surface area contributed by atoms with E-state index in [1.165, 1.54) is 4.72 Å². The molecule has 0 unspecified atom stereocenters. The molecule has 1 aliphatic rings. The van der Waals surface area contributed by atoms with E-state index < -0.39 is 27.7 Å². The Morgan fingerprint density at radius 3 is 2.19 bits per heavy atom. The van der Waals surface area contributed by atoms with Crippen LogP contribution in [-0.2, 0) is 14.8 Å². The first-order valence-electron chi connectivity index (χ1n) is 4.51. The molecule has 1 saturated heterocycles. The monoisotopic (exact) mass is 263 g/mol. The summed E-state index contributed by atoms with van der Waals surface area (Å²) in [4.78, 5) is 0. The number of alkyl halides is 3. The first-order valence-corrected chi connectivity index (χ1v) is 6.00. The van der Waals surface area contributed by atoms with Crippen molar-refractivity contribution in [1.82, 2.24) is 4.72 Å². The van der Waals surface area contributed by atoms with Gasteiger partial charge in [0.1, 0.15) is 0 Å². The number of aliphatic hydroxyl groups is 1. The van der Waals surface area contributed by atoms with Crippen LogP contribution >= 0.6 is 0 Å². The van der Waals surface area contributed by atoms with Crippen molar-refractivity contribution in [2.45, 2.75) is 23.9 Å². The third-order valence-corrected chi connectivity index (χ3v) is 3.72. The lowest BCUT2D eigenvalue weighted by molar-refractivity contribution is -0.0480. The summed E-state index contributed by atoms with van der Waals surface area (Å²) < 4.78 is 64.6. The Balaban J connectivity index is 2.85. The quantitative estimate of drug-likeness (QED) is 0.749. The molecule has 0 spiro atoms. The van der Waals surface area contributed by atoms with Gasteiger partial charge in [0.05, 0.1) is 12.1 Å². The van der Waals surface area contributed by atoms with Crippen molar-refractivity contribution in [1.29, 1.82) is 0 Å². The van der Waals surface area contributed by atoms with E-state index in [2.05, 4.69) is 0 Å². The Bertz CT molecular complexity index is 334. The molecule has 0 bridgehead atoms. The third-order valence-electron chi connectivity index (χ3n) is 2.41. The first-order chi connectivity index (χ1) is 7.22. The zero-order chi connectivity index (χ0) is 12.4. The predicted molar refractivity (Wildman–Crippen MR) is 48.0 cm³/mol. The number of rotatable bonds is 3. The Morgan fingerprint density at radius 2 is 1.81 bits per heavy atom. The molecule has 0 saturated carbocycles. The van der Waals surface area contributed by atoms with E-state index in [0.717, 1.165) is 0 Å². The Morgan fingerprint density at radius 1 is 1.31 bits per heavy atom. The van der Waals surface area contributed by atoms with Crippen molar-refractivity contribution in [3.63, 3.8) is 0 Å². The van der Waals surface area contributed by atoms with Crippen LogP contribution in [0.15, 0.2) is 0 Å². The van der Waals surface area contributed by atoms with Crippen molar-refractivity contribution in [3.8, 4) is 0 Å². The second-order valence-corrected chi connectivity index (χ2v) is 5.28. The molecule has 0 aromatic heterocycles. The van der Waals surface area contributed by atoms with Crippen LogP contribution in [0.25, 0.3) is 0 Å². The van der Waals surface area contributed by atoms with E-state index in [4.69, 9.17) is 9.84 Å². The van der Waals surface area contributed by atoms with Crippen LogP contribution in [0.3, 0.4) is 0 Å².